The number of benzene rings is 1. The molecule has 90 valence electrons. The molecule has 0 aliphatic carbocycles. The largest absolute Gasteiger partial charge is 0.324 e. The number of rotatable bonds is 0. The molecule has 2 N–H and O–H groups in total. The highest BCUT2D eigenvalue weighted by molar-refractivity contribution is 7.91. The van der Waals surface area contributed by atoms with Crippen LogP contribution in [0.2, 0.25) is 0 Å². The Morgan fingerprint density at radius 1 is 1.38 bits per heavy atom. The van der Waals surface area contributed by atoms with E-state index in [-0.39, 0.29) is 29.1 Å². The zero-order valence-corrected chi connectivity index (χ0v) is 10.2. The maximum atomic E-state index is 13.0. The van der Waals surface area contributed by atoms with Crippen LogP contribution in [0.4, 0.5) is 4.39 Å². The van der Waals surface area contributed by atoms with Crippen LogP contribution < -0.4 is 5.73 Å². The number of sulfone groups is 1. The molecule has 1 aliphatic heterocycles. The van der Waals surface area contributed by atoms with E-state index in [0.717, 1.165) is 6.07 Å². The lowest BCUT2D eigenvalue weighted by Gasteiger charge is -2.11. The van der Waals surface area contributed by atoms with E-state index in [9.17, 15) is 12.8 Å². The Morgan fingerprint density at radius 2 is 2.06 bits per heavy atom. The lowest BCUT2D eigenvalue weighted by atomic mass is 10.0. The van der Waals surface area contributed by atoms with Crippen molar-refractivity contribution >= 4 is 22.2 Å². The predicted octanol–water partition coefficient (Wildman–Crippen LogP) is 1.81. The number of hydrogen-bond donors (Lipinski definition) is 1. The van der Waals surface area contributed by atoms with Gasteiger partial charge in [0.1, 0.15) is 5.82 Å². The second-order valence-corrected chi connectivity index (χ2v) is 5.83. The van der Waals surface area contributed by atoms with Crippen LogP contribution in [-0.2, 0) is 9.84 Å². The summed E-state index contributed by atoms with van der Waals surface area (Å²) in [5, 5.41) is 0. The van der Waals surface area contributed by atoms with E-state index in [1.54, 1.807) is 0 Å². The average molecular weight is 266 g/mol. The molecular formula is C10H13ClFNO2S. The van der Waals surface area contributed by atoms with Gasteiger partial charge in [0.25, 0.3) is 0 Å². The summed E-state index contributed by atoms with van der Waals surface area (Å²) < 4.78 is 36.5. The maximum Gasteiger partial charge on any atom is 0.178 e. The summed E-state index contributed by atoms with van der Waals surface area (Å²) in [4.78, 5) is 0.189. The lowest BCUT2D eigenvalue weighted by molar-refractivity contribution is 0.594. The topological polar surface area (TPSA) is 60.2 Å². The summed E-state index contributed by atoms with van der Waals surface area (Å²) in [5.41, 5.74) is 6.21. The van der Waals surface area contributed by atoms with Crippen molar-refractivity contribution in [2.24, 2.45) is 5.73 Å². The van der Waals surface area contributed by atoms with Gasteiger partial charge in [-0.1, -0.05) is 0 Å². The first kappa shape index (κ1) is 13.4. The van der Waals surface area contributed by atoms with Gasteiger partial charge in [0.05, 0.1) is 10.6 Å². The molecule has 0 saturated heterocycles. The standard InChI is InChI=1S/C10H12FNO2S.ClH/c11-7-3-4-10-8(6-7)9(12)2-1-5-15(10,13)14;/h3-4,6,9H,1-2,5,12H2;1H. The lowest BCUT2D eigenvalue weighted by Crippen LogP contribution is -2.11. The van der Waals surface area contributed by atoms with Gasteiger partial charge in [-0.05, 0) is 36.6 Å². The normalized spacial score (nSPS) is 22.8. The minimum atomic E-state index is -3.27. The van der Waals surface area contributed by atoms with Crippen LogP contribution in [0.5, 0.6) is 0 Å². The van der Waals surface area contributed by atoms with E-state index >= 15 is 0 Å². The summed E-state index contributed by atoms with van der Waals surface area (Å²) in [6.45, 7) is 0. The van der Waals surface area contributed by atoms with Crippen LogP contribution in [0.1, 0.15) is 24.4 Å². The molecule has 1 heterocycles. The molecular weight excluding hydrogens is 253 g/mol. The van der Waals surface area contributed by atoms with Crippen LogP contribution >= 0.6 is 12.4 Å². The zero-order valence-electron chi connectivity index (χ0n) is 8.52. The zero-order chi connectivity index (χ0) is 11.1. The molecule has 6 heteroatoms. The summed E-state index contributed by atoms with van der Waals surface area (Å²) in [6, 6.07) is 3.32. The van der Waals surface area contributed by atoms with Crippen LogP contribution in [0, 0.1) is 5.82 Å². The molecule has 0 bridgehead atoms. The summed E-state index contributed by atoms with van der Waals surface area (Å²) in [5.74, 6) is -0.347. The maximum absolute atomic E-state index is 13.0. The molecule has 1 atom stereocenters. The Hall–Kier alpha value is -0.650. The molecule has 0 spiro atoms. The van der Waals surface area contributed by atoms with Gasteiger partial charge < -0.3 is 5.73 Å². The SMILES string of the molecule is Cl.NC1CCCS(=O)(=O)c2ccc(F)cc21. The van der Waals surface area contributed by atoms with E-state index in [4.69, 9.17) is 5.73 Å². The quantitative estimate of drug-likeness (QED) is 0.728. The van der Waals surface area contributed by atoms with E-state index in [2.05, 4.69) is 0 Å². The Kier molecular flexibility index (Phi) is 3.93. The molecule has 1 aromatic rings. The molecule has 3 nitrogen and oxygen atoms in total. The van der Waals surface area contributed by atoms with Crippen molar-refractivity contribution in [2.45, 2.75) is 23.8 Å². The number of halogens is 2. The smallest absolute Gasteiger partial charge is 0.178 e. The van der Waals surface area contributed by atoms with Crippen LogP contribution in [0.25, 0.3) is 0 Å². The fourth-order valence-corrected chi connectivity index (χ4v) is 3.46. The van der Waals surface area contributed by atoms with Gasteiger partial charge in [-0.2, -0.15) is 0 Å². The van der Waals surface area contributed by atoms with Crippen LogP contribution in [-0.4, -0.2) is 14.2 Å². The second kappa shape index (κ2) is 4.69. The highest BCUT2D eigenvalue weighted by Crippen LogP contribution is 2.29. The molecule has 16 heavy (non-hydrogen) atoms. The van der Waals surface area contributed by atoms with E-state index in [0.29, 0.717) is 18.4 Å². The van der Waals surface area contributed by atoms with Crippen LogP contribution in [0.3, 0.4) is 0 Å². The molecule has 1 unspecified atom stereocenters. The van der Waals surface area contributed by atoms with Crippen molar-refractivity contribution in [3.63, 3.8) is 0 Å². The number of nitrogens with two attached hydrogens (primary N) is 1. The highest BCUT2D eigenvalue weighted by atomic mass is 35.5. The van der Waals surface area contributed by atoms with Crippen molar-refractivity contribution in [1.29, 1.82) is 0 Å². The van der Waals surface area contributed by atoms with Gasteiger partial charge in [0.2, 0.25) is 0 Å². The fraction of sp³-hybridized carbons (Fsp3) is 0.400. The van der Waals surface area contributed by atoms with Gasteiger partial charge in [0, 0.05) is 6.04 Å². The second-order valence-electron chi connectivity index (χ2n) is 3.75. The van der Waals surface area contributed by atoms with E-state index in [1.165, 1.54) is 12.1 Å². The molecule has 1 aliphatic rings. The minimum Gasteiger partial charge on any atom is -0.324 e. The minimum absolute atomic E-state index is 0. The van der Waals surface area contributed by atoms with Crippen molar-refractivity contribution in [1.82, 2.24) is 0 Å². The Labute approximate surface area is 100 Å². The van der Waals surface area contributed by atoms with Crippen molar-refractivity contribution < 1.29 is 12.8 Å². The molecule has 0 amide bonds. The first-order valence-corrected chi connectivity index (χ1v) is 6.44. The Morgan fingerprint density at radius 3 is 2.75 bits per heavy atom. The molecule has 1 aromatic carbocycles. The average Bonchev–Trinajstić information content (AvgIpc) is 2.25. The fourth-order valence-electron chi connectivity index (χ4n) is 1.85. The third-order valence-corrected chi connectivity index (χ3v) is 4.50. The first-order chi connectivity index (χ1) is 7.00. The van der Waals surface area contributed by atoms with Gasteiger partial charge in [-0.25, -0.2) is 12.8 Å². The molecule has 0 fully saturated rings. The Balaban J connectivity index is 0.00000128. The summed E-state index contributed by atoms with van der Waals surface area (Å²) >= 11 is 0. The van der Waals surface area contributed by atoms with Crippen molar-refractivity contribution in [3.05, 3.63) is 29.6 Å². The summed E-state index contributed by atoms with van der Waals surface area (Å²) in [7, 11) is -3.27. The number of hydrogen-bond acceptors (Lipinski definition) is 3. The highest BCUT2D eigenvalue weighted by Gasteiger charge is 2.25. The van der Waals surface area contributed by atoms with Gasteiger partial charge in [-0.3, -0.25) is 0 Å². The predicted molar refractivity (Wildman–Crippen MR) is 61.9 cm³/mol. The van der Waals surface area contributed by atoms with Gasteiger partial charge in [-0.15, -0.1) is 12.4 Å². The summed E-state index contributed by atoms with van der Waals surface area (Å²) in [6.07, 6.45) is 1.11. The third-order valence-electron chi connectivity index (χ3n) is 2.63. The van der Waals surface area contributed by atoms with E-state index < -0.39 is 15.7 Å². The molecule has 2 rings (SSSR count). The van der Waals surface area contributed by atoms with Gasteiger partial charge in [0.15, 0.2) is 9.84 Å². The van der Waals surface area contributed by atoms with Crippen molar-refractivity contribution in [3.8, 4) is 0 Å². The third kappa shape index (κ3) is 2.36. The van der Waals surface area contributed by atoms with E-state index in [1.807, 2.05) is 0 Å². The van der Waals surface area contributed by atoms with Crippen LogP contribution in [0.15, 0.2) is 23.1 Å². The molecule has 0 radical (unpaired) electrons. The Bertz CT molecular complexity index is 490. The van der Waals surface area contributed by atoms with Crippen molar-refractivity contribution in [2.75, 3.05) is 5.75 Å². The molecule has 0 aromatic heterocycles. The monoisotopic (exact) mass is 265 g/mol. The molecule has 0 saturated carbocycles. The first-order valence-electron chi connectivity index (χ1n) is 4.78. The van der Waals surface area contributed by atoms with Gasteiger partial charge >= 0.3 is 0 Å². The number of fused-ring (bicyclic) bond motifs is 1.